The van der Waals surface area contributed by atoms with E-state index in [9.17, 15) is 13.2 Å². The third-order valence-electron chi connectivity index (χ3n) is 3.89. The minimum absolute atomic E-state index is 0. The van der Waals surface area contributed by atoms with Crippen LogP contribution >= 0.6 is 24.0 Å². The maximum atomic E-state index is 12.2. The second-order valence-electron chi connectivity index (χ2n) is 6.27. The van der Waals surface area contributed by atoms with Gasteiger partial charge in [-0.3, -0.25) is 0 Å². The standard InChI is InChI=1S/C17H25F3N4O.HI/c1-3-21-16(24-8-4-5-13(2)11-24)23-10-14-6-7-22-15(9-14)25-12-17(18,19)20;/h6-7,9,13H,3-5,8,10-12H2,1-2H3,(H,21,23);1H. The van der Waals surface area contributed by atoms with Crippen LogP contribution in [0.15, 0.2) is 23.3 Å². The van der Waals surface area contributed by atoms with Gasteiger partial charge in [-0.2, -0.15) is 13.2 Å². The monoisotopic (exact) mass is 486 g/mol. The molecule has 0 aromatic carbocycles. The van der Waals surface area contributed by atoms with Gasteiger partial charge in [0.2, 0.25) is 5.88 Å². The summed E-state index contributed by atoms with van der Waals surface area (Å²) in [5.41, 5.74) is 0.757. The van der Waals surface area contributed by atoms with Crippen LogP contribution in [-0.4, -0.2) is 48.3 Å². The molecule has 0 radical (unpaired) electrons. The molecule has 0 spiro atoms. The predicted molar refractivity (Wildman–Crippen MR) is 106 cm³/mol. The highest BCUT2D eigenvalue weighted by Crippen LogP contribution is 2.18. The van der Waals surface area contributed by atoms with Crippen molar-refractivity contribution in [1.82, 2.24) is 15.2 Å². The number of nitrogens with zero attached hydrogens (tertiary/aromatic N) is 3. The zero-order valence-electron chi connectivity index (χ0n) is 15.1. The van der Waals surface area contributed by atoms with Gasteiger partial charge in [0.05, 0.1) is 6.54 Å². The molecule has 0 aliphatic carbocycles. The first-order chi connectivity index (χ1) is 11.9. The van der Waals surface area contributed by atoms with Crippen LogP contribution in [0.2, 0.25) is 0 Å². The van der Waals surface area contributed by atoms with Gasteiger partial charge in [-0.1, -0.05) is 6.92 Å². The molecule has 1 atom stereocenters. The van der Waals surface area contributed by atoms with Crippen molar-refractivity contribution in [2.45, 2.75) is 39.4 Å². The smallest absolute Gasteiger partial charge is 0.422 e. The van der Waals surface area contributed by atoms with Gasteiger partial charge in [-0.05, 0) is 37.3 Å². The van der Waals surface area contributed by atoms with Crippen molar-refractivity contribution in [2.24, 2.45) is 10.9 Å². The number of hydrogen-bond donors (Lipinski definition) is 1. The highest BCUT2D eigenvalue weighted by Gasteiger charge is 2.28. The zero-order valence-corrected chi connectivity index (χ0v) is 17.4. The fourth-order valence-corrected chi connectivity index (χ4v) is 2.76. The van der Waals surface area contributed by atoms with Crippen LogP contribution < -0.4 is 10.1 Å². The van der Waals surface area contributed by atoms with E-state index in [0.29, 0.717) is 12.5 Å². The van der Waals surface area contributed by atoms with E-state index in [1.165, 1.54) is 18.7 Å². The molecule has 1 N–H and O–H groups in total. The molecule has 1 saturated heterocycles. The average Bonchev–Trinajstić information content (AvgIpc) is 2.56. The summed E-state index contributed by atoms with van der Waals surface area (Å²) in [6.45, 7) is 5.94. The van der Waals surface area contributed by atoms with E-state index < -0.39 is 12.8 Å². The number of alkyl halides is 3. The van der Waals surface area contributed by atoms with Crippen LogP contribution in [0.4, 0.5) is 13.2 Å². The average molecular weight is 486 g/mol. The number of likely N-dealkylation sites (tertiary alicyclic amines) is 1. The van der Waals surface area contributed by atoms with Gasteiger partial charge in [-0.15, -0.1) is 24.0 Å². The molecule has 1 aromatic rings. The van der Waals surface area contributed by atoms with Crippen LogP contribution in [0.5, 0.6) is 5.88 Å². The third-order valence-corrected chi connectivity index (χ3v) is 3.89. The zero-order chi connectivity index (χ0) is 18.3. The third kappa shape index (κ3) is 7.96. The Morgan fingerprint density at radius 1 is 1.46 bits per heavy atom. The second kappa shape index (κ2) is 10.8. The van der Waals surface area contributed by atoms with Crippen molar-refractivity contribution in [3.05, 3.63) is 23.9 Å². The summed E-state index contributed by atoms with van der Waals surface area (Å²) in [6.07, 6.45) is -0.581. The van der Waals surface area contributed by atoms with E-state index >= 15 is 0 Å². The van der Waals surface area contributed by atoms with Crippen molar-refractivity contribution in [2.75, 3.05) is 26.2 Å². The van der Waals surface area contributed by atoms with Gasteiger partial charge in [0, 0.05) is 31.9 Å². The van der Waals surface area contributed by atoms with E-state index in [2.05, 4.69) is 31.9 Å². The van der Waals surface area contributed by atoms with Gasteiger partial charge in [0.15, 0.2) is 12.6 Å². The minimum atomic E-state index is -4.38. The van der Waals surface area contributed by atoms with Gasteiger partial charge in [-0.25, -0.2) is 9.98 Å². The Hall–Kier alpha value is -1.26. The summed E-state index contributed by atoms with van der Waals surface area (Å²) < 4.78 is 41.4. The summed E-state index contributed by atoms with van der Waals surface area (Å²) in [6, 6.07) is 3.23. The molecule has 2 rings (SSSR count). The van der Waals surface area contributed by atoms with Crippen molar-refractivity contribution >= 4 is 29.9 Å². The fraction of sp³-hybridized carbons (Fsp3) is 0.647. The Morgan fingerprint density at radius 2 is 2.23 bits per heavy atom. The lowest BCUT2D eigenvalue weighted by molar-refractivity contribution is -0.154. The largest absolute Gasteiger partial charge is 0.468 e. The minimum Gasteiger partial charge on any atom is -0.468 e. The molecule has 1 unspecified atom stereocenters. The van der Waals surface area contributed by atoms with Crippen LogP contribution in [0.1, 0.15) is 32.3 Å². The molecule has 9 heteroatoms. The summed E-state index contributed by atoms with van der Waals surface area (Å²) in [5.74, 6) is 1.42. The van der Waals surface area contributed by atoms with Gasteiger partial charge >= 0.3 is 6.18 Å². The maximum Gasteiger partial charge on any atom is 0.422 e. The van der Waals surface area contributed by atoms with E-state index in [4.69, 9.17) is 0 Å². The molecule has 5 nitrogen and oxygen atoms in total. The Balaban J connectivity index is 0.00000338. The fourth-order valence-electron chi connectivity index (χ4n) is 2.76. The summed E-state index contributed by atoms with van der Waals surface area (Å²) in [7, 11) is 0. The lowest BCUT2D eigenvalue weighted by atomic mass is 10.0. The molecule has 1 aromatic heterocycles. The summed E-state index contributed by atoms with van der Waals surface area (Å²) in [4.78, 5) is 10.7. The van der Waals surface area contributed by atoms with Crippen LogP contribution in [0.25, 0.3) is 0 Å². The Bertz CT molecular complexity index is 583. The molecule has 26 heavy (non-hydrogen) atoms. The quantitative estimate of drug-likeness (QED) is 0.391. The molecule has 1 aliphatic heterocycles. The lowest BCUT2D eigenvalue weighted by Crippen LogP contribution is -2.46. The van der Waals surface area contributed by atoms with Crippen molar-refractivity contribution in [1.29, 1.82) is 0 Å². The molecule has 148 valence electrons. The van der Waals surface area contributed by atoms with Gasteiger partial charge in [0.1, 0.15) is 0 Å². The Morgan fingerprint density at radius 3 is 2.88 bits per heavy atom. The van der Waals surface area contributed by atoms with Crippen molar-refractivity contribution < 1.29 is 17.9 Å². The van der Waals surface area contributed by atoms with Crippen LogP contribution in [-0.2, 0) is 6.54 Å². The Kier molecular flexibility index (Phi) is 9.45. The number of rotatable bonds is 5. The number of piperidine rings is 1. The van der Waals surface area contributed by atoms with Crippen LogP contribution in [0.3, 0.4) is 0 Å². The molecular weight excluding hydrogens is 460 g/mol. The molecule has 0 amide bonds. The SMILES string of the molecule is CCNC(=NCc1ccnc(OCC(F)(F)F)c1)N1CCCC(C)C1.I. The van der Waals surface area contributed by atoms with Gasteiger partial charge < -0.3 is 15.0 Å². The number of pyridine rings is 1. The van der Waals surface area contributed by atoms with E-state index in [-0.39, 0.29) is 29.9 Å². The number of ether oxygens (including phenoxy) is 1. The maximum absolute atomic E-state index is 12.2. The second-order valence-corrected chi connectivity index (χ2v) is 6.27. The van der Waals surface area contributed by atoms with E-state index in [1.807, 2.05) is 6.92 Å². The van der Waals surface area contributed by atoms with E-state index in [0.717, 1.165) is 37.6 Å². The van der Waals surface area contributed by atoms with Gasteiger partial charge in [0.25, 0.3) is 0 Å². The molecule has 2 heterocycles. The first-order valence-corrected chi connectivity index (χ1v) is 8.55. The number of guanidine groups is 1. The Labute approximate surface area is 169 Å². The number of nitrogens with one attached hydrogen (secondary N) is 1. The lowest BCUT2D eigenvalue weighted by Gasteiger charge is -2.33. The van der Waals surface area contributed by atoms with E-state index in [1.54, 1.807) is 6.07 Å². The first kappa shape index (κ1) is 22.8. The highest BCUT2D eigenvalue weighted by atomic mass is 127. The molecule has 0 saturated carbocycles. The number of aromatic nitrogens is 1. The molecular formula is C17H26F3IN4O. The number of halogens is 4. The summed E-state index contributed by atoms with van der Waals surface area (Å²) in [5, 5.41) is 3.28. The van der Waals surface area contributed by atoms with Crippen molar-refractivity contribution in [3.8, 4) is 5.88 Å². The van der Waals surface area contributed by atoms with Crippen molar-refractivity contribution in [3.63, 3.8) is 0 Å². The van der Waals surface area contributed by atoms with Crippen LogP contribution in [0, 0.1) is 5.92 Å². The molecule has 1 aliphatic rings. The molecule has 1 fully saturated rings. The normalized spacial score (nSPS) is 18.3. The topological polar surface area (TPSA) is 49.8 Å². The predicted octanol–water partition coefficient (Wildman–Crippen LogP) is 3.84. The number of hydrogen-bond acceptors (Lipinski definition) is 3. The summed E-state index contributed by atoms with van der Waals surface area (Å²) >= 11 is 0. The number of aliphatic imine (C=N–C) groups is 1. The first-order valence-electron chi connectivity index (χ1n) is 8.55. The highest BCUT2D eigenvalue weighted by molar-refractivity contribution is 14.0. The molecule has 0 bridgehead atoms.